The van der Waals surface area contributed by atoms with E-state index in [-0.39, 0.29) is 0 Å². The molecule has 8 rings (SSSR count). The van der Waals surface area contributed by atoms with E-state index in [2.05, 4.69) is 127 Å². The van der Waals surface area contributed by atoms with Gasteiger partial charge in [-0.05, 0) is 44.3 Å². The van der Waals surface area contributed by atoms with Gasteiger partial charge < -0.3 is 4.42 Å². The van der Waals surface area contributed by atoms with Crippen molar-refractivity contribution < 1.29 is 4.42 Å². The van der Waals surface area contributed by atoms with E-state index >= 15 is 0 Å². The van der Waals surface area contributed by atoms with Gasteiger partial charge in [0.05, 0.1) is 0 Å². The van der Waals surface area contributed by atoms with Crippen LogP contribution in [-0.4, -0.2) is 0 Å². The van der Waals surface area contributed by atoms with E-state index in [0.717, 1.165) is 23.3 Å². The summed E-state index contributed by atoms with van der Waals surface area (Å²) in [6.07, 6.45) is 12.0. The molecule has 0 N–H and O–H groups in total. The van der Waals surface area contributed by atoms with Crippen LogP contribution in [0.15, 0.2) is 131 Å². The molecule has 37 heavy (non-hydrogen) atoms. The molecule has 1 atom stereocenters. The van der Waals surface area contributed by atoms with Gasteiger partial charge in [-0.1, -0.05) is 121 Å². The van der Waals surface area contributed by atoms with Gasteiger partial charge in [0.1, 0.15) is 11.3 Å². The van der Waals surface area contributed by atoms with Crippen LogP contribution in [0.25, 0.3) is 60.8 Å². The molecule has 2 aliphatic carbocycles. The highest BCUT2D eigenvalue weighted by molar-refractivity contribution is 6.23. The van der Waals surface area contributed by atoms with Crippen LogP contribution in [-0.2, 0) is 6.42 Å². The van der Waals surface area contributed by atoms with Gasteiger partial charge >= 0.3 is 0 Å². The normalized spacial score (nSPS) is 16.2. The molecule has 1 heteroatoms. The van der Waals surface area contributed by atoms with E-state index in [1.807, 2.05) is 0 Å². The number of benzene rings is 5. The highest BCUT2D eigenvalue weighted by Gasteiger charge is 2.26. The Labute approximate surface area is 215 Å². The maximum absolute atomic E-state index is 6.74. The summed E-state index contributed by atoms with van der Waals surface area (Å²) in [5.74, 6) is 1.49. The molecule has 0 fully saturated rings. The van der Waals surface area contributed by atoms with Crippen molar-refractivity contribution in [2.75, 3.05) is 0 Å². The zero-order valence-corrected chi connectivity index (χ0v) is 20.3. The van der Waals surface area contributed by atoms with E-state index < -0.39 is 0 Å². The molecule has 0 amide bonds. The first-order chi connectivity index (χ1) is 18.4. The van der Waals surface area contributed by atoms with Crippen LogP contribution in [0, 0.1) is 5.92 Å². The number of furan rings is 1. The first-order valence-electron chi connectivity index (χ1n) is 13.0. The highest BCUT2D eigenvalue weighted by Crippen LogP contribution is 2.47. The molecule has 0 saturated heterocycles. The van der Waals surface area contributed by atoms with Crippen molar-refractivity contribution in [1.29, 1.82) is 0 Å². The van der Waals surface area contributed by atoms with Crippen molar-refractivity contribution in [3.63, 3.8) is 0 Å². The van der Waals surface area contributed by atoms with Gasteiger partial charge in [0.25, 0.3) is 0 Å². The molecular formula is C36H24O. The van der Waals surface area contributed by atoms with Gasteiger partial charge in [-0.3, -0.25) is 0 Å². The van der Waals surface area contributed by atoms with Gasteiger partial charge in [-0.25, -0.2) is 0 Å². The van der Waals surface area contributed by atoms with Gasteiger partial charge in [-0.2, -0.15) is 0 Å². The molecule has 0 aliphatic heterocycles. The molecule has 1 nitrogen and oxygen atoms in total. The number of para-hydroxylation sites is 1. The summed E-state index contributed by atoms with van der Waals surface area (Å²) in [5, 5.41) is 6.22. The Morgan fingerprint density at radius 3 is 1.97 bits per heavy atom. The third kappa shape index (κ3) is 3.04. The van der Waals surface area contributed by atoms with Crippen LogP contribution < -0.4 is 0 Å². The average molecular weight is 473 g/mol. The molecule has 5 aromatic carbocycles. The molecule has 1 unspecified atom stereocenters. The number of fused-ring (bicyclic) bond motifs is 6. The summed E-state index contributed by atoms with van der Waals surface area (Å²) < 4.78 is 6.74. The van der Waals surface area contributed by atoms with Gasteiger partial charge in [0.2, 0.25) is 0 Å². The molecular weight excluding hydrogens is 448 g/mol. The maximum Gasteiger partial charge on any atom is 0.142 e. The molecule has 1 heterocycles. The van der Waals surface area contributed by atoms with Gasteiger partial charge in [0.15, 0.2) is 0 Å². The fourth-order valence-electron chi connectivity index (χ4n) is 6.34. The van der Waals surface area contributed by atoms with Crippen LogP contribution >= 0.6 is 0 Å². The molecule has 0 bridgehead atoms. The topological polar surface area (TPSA) is 13.1 Å². The number of hydrogen-bond acceptors (Lipinski definition) is 1. The molecule has 6 aromatic rings. The first kappa shape index (κ1) is 20.6. The van der Waals surface area contributed by atoms with Crippen LogP contribution in [0.4, 0.5) is 0 Å². The number of hydrogen-bond donors (Lipinski definition) is 0. The average Bonchev–Trinajstić information content (AvgIpc) is 3.33. The fraction of sp³-hybridized carbons (Fsp3) is 0.0556. The maximum atomic E-state index is 6.74. The summed E-state index contributed by atoms with van der Waals surface area (Å²) in [7, 11) is 0. The van der Waals surface area contributed by atoms with Crippen molar-refractivity contribution >= 4 is 38.6 Å². The molecule has 1 aromatic heterocycles. The quantitative estimate of drug-likeness (QED) is 0.229. The van der Waals surface area contributed by atoms with E-state index in [4.69, 9.17) is 4.42 Å². The highest BCUT2D eigenvalue weighted by atomic mass is 16.3. The number of allylic oxidation sites excluding steroid dienone is 5. The van der Waals surface area contributed by atoms with Crippen LogP contribution in [0.5, 0.6) is 0 Å². The predicted molar refractivity (Wildman–Crippen MR) is 156 cm³/mol. The van der Waals surface area contributed by atoms with Crippen LogP contribution in [0.1, 0.15) is 11.3 Å². The Hall–Kier alpha value is -4.62. The molecule has 0 spiro atoms. The Balaban J connectivity index is 1.47. The van der Waals surface area contributed by atoms with Crippen molar-refractivity contribution in [1.82, 2.24) is 0 Å². The van der Waals surface area contributed by atoms with Crippen molar-refractivity contribution in [2.24, 2.45) is 5.92 Å². The molecule has 174 valence electrons. The van der Waals surface area contributed by atoms with Crippen LogP contribution in [0.3, 0.4) is 0 Å². The minimum Gasteiger partial charge on any atom is -0.460 e. The SMILES string of the molecule is C1=CC2=Cc3c(oc4c(-c5c6ccccc6c(-c6ccccc6)c6ccccc56)cccc34)CC2C=C1. The monoisotopic (exact) mass is 472 g/mol. The van der Waals surface area contributed by atoms with E-state index in [1.165, 1.54) is 54.8 Å². The second-order valence-electron chi connectivity index (χ2n) is 10.0. The minimum atomic E-state index is 0.397. The minimum absolute atomic E-state index is 0.397. The van der Waals surface area contributed by atoms with E-state index in [0.29, 0.717) is 5.92 Å². The molecule has 0 saturated carbocycles. The van der Waals surface area contributed by atoms with Crippen molar-refractivity contribution in [3.8, 4) is 22.3 Å². The third-order valence-corrected chi connectivity index (χ3v) is 7.98. The van der Waals surface area contributed by atoms with E-state index in [9.17, 15) is 0 Å². The lowest BCUT2D eigenvalue weighted by atomic mass is 9.83. The van der Waals surface area contributed by atoms with Gasteiger partial charge in [0, 0.05) is 34.4 Å². The summed E-state index contributed by atoms with van der Waals surface area (Å²) in [6, 6.07) is 35.0. The third-order valence-electron chi connectivity index (χ3n) is 7.98. The smallest absolute Gasteiger partial charge is 0.142 e. The van der Waals surface area contributed by atoms with Crippen molar-refractivity contribution in [2.45, 2.75) is 6.42 Å². The second-order valence-corrected chi connectivity index (χ2v) is 10.0. The predicted octanol–water partition coefficient (Wildman–Crippen LogP) is 9.75. The zero-order valence-electron chi connectivity index (χ0n) is 20.3. The number of rotatable bonds is 2. The Morgan fingerprint density at radius 1 is 0.595 bits per heavy atom. The standard InChI is InChI=1S/C36H24O/c1-2-11-23(12-3-1)34-26-15-6-8-17-28(26)35(29-18-9-7-16-27(29)34)31-20-10-19-30-32-21-24-13-4-5-14-25(24)22-33(32)37-36(30)31/h1-21,25H,22H2. The summed E-state index contributed by atoms with van der Waals surface area (Å²) >= 11 is 0. The second kappa shape index (κ2) is 7.94. The van der Waals surface area contributed by atoms with Gasteiger partial charge in [-0.15, -0.1) is 0 Å². The summed E-state index contributed by atoms with van der Waals surface area (Å²) in [4.78, 5) is 0. The lowest BCUT2D eigenvalue weighted by molar-refractivity contribution is 0.522. The Bertz CT molecular complexity index is 1890. The lowest BCUT2D eigenvalue weighted by Gasteiger charge is -2.20. The largest absolute Gasteiger partial charge is 0.460 e. The van der Waals surface area contributed by atoms with E-state index in [1.54, 1.807) is 0 Å². The summed E-state index contributed by atoms with van der Waals surface area (Å²) in [5.41, 5.74) is 8.51. The van der Waals surface area contributed by atoms with Crippen LogP contribution in [0.2, 0.25) is 0 Å². The van der Waals surface area contributed by atoms with Crippen molar-refractivity contribution in [3.05, 3.63) is 138 Å². The molecule has 0 radical (unpaired) electrons. The zero-order chi connectivity index (χ0) is 24.3. The summed E-state index contributed by atoms with van der Waals surface area (Å²) in [6.45, 7) is 0. The molecule has 2 aliphatic rings. The Morgan fingerprint density at radius 2 is 1.24 bits per heavy atom. The Kier molecular flexibility index (Phi) is 4.41. The lowest BCUT2D eigenvalue weighted by Crippen LogP contribution is -2.09. The fourth-order valence-corrected chi connectivity index (χ4v) is 6.34. The first-order valence-corrected chi connectivity index (χ1v) is 13.0.